The van der Waals surface area contributed by atoms with Crippen LogP contribution in [0.25, 0.3) is 0 Å². The van der Waals surface area contributed by atoms with Gasteiger partial charge in [-0.15, -0.1) is 0 Å². The molecule has 1 aromatic heterocycles. The fraction of sp³-hybridized carbons (Fsp3) is 0.846. The van der Waals surface area contributed by atoms with Crippen molar-refractivity contribution in [2.45, 2.75) is 63.5 Å². The molecule has 1 fully saturated rings. The van der Waals surface area contributed by atoms with E-state index in [4.69, 9.17) is 15.0 Å². The average molecular weight is 253 g/mol. The van der Waals surface area contributed by atoms with Crippen LogP contribution in [0.15, 0.2) is 4.52 Å². The molecule has 5 heteroatoms. The fourth-order valence-corrected chi connectivity index (χ4v) is 2.58. The first-order valence-electron chi connectivity index (χ1n) is 6.86. The van der Waals surface area contributed by atoms with Gasteiger partial charge in [0.25, 0.3) is 0 Å². The number of hydrogen-bond donors (Lipinski definition) is 1. The van der Waals surface area contributed by atoms with Gasteiger partial charge in [-0.3, -0.25) is 0 Å². The SMILES string of the molecule is CCCCC(N)c1nc(C2(OC)CCCC2)no1. The summed E-state index contributed by atoms with van der Waals surface area (Å²) in [5.41, 5.74) is 5.70. The number of methoxy groups -OCH3 is 1. The first kappa shape index (κ1) is 13.5. The maximum absolute atomic E-state index is 6.04. The smallest absolute Gasteiger partial charge is 0.243 e. The van der Waals surface area contributed by atoms with E-state index in [1.807, 2.05) is 0 Å². The lowest BCUT2D eigenvalue weighted by molar-refractivity contribution is -0.0178. The average Bonchev–Trinajstić information content (AvgIpc) is 3.04. The molecule has 0 amide bonds. The molecule has 1 aliphatic carbocycles. The quantitative estimate of drug-likeness (QED) is 0.843. The Hall–Kier alpha value is -0.940. The van der Waals surface area contributed by atoms with Crippen molar-refractivity contribution in [1.29, 1.82) is 0 Å². The Balaban J connectivity index is 2.09. The number of hydrogen-bond acceptors (Lipinski definition) is 5. The molecule has 1 heterocycles. The summed E-state index contributed by atoms with van der Waals surface area (Å²) >= 11 is 0. The third-order valence-electron chi connectivity index (χ3n) is 3.84. The van der Waals surface area contributed by atoms with Gasteiger partial charge >= 0.3 is 0 Å². The van der Waals surface area contributed by atoms with Crippen LogP contribution < -0.4 is 5.73 Å². The molecule has 18 heavy (non-hydrogen) atoms. The highest BCUT2D eigenvalue weighted by Crippen LogP contribution is 2.40. The van der Waals surface area contributed by atoms with Gasteiger partial charge in [-0.2, -0.15) is 4.98 Å². The molecule has 1 atom stereocenters. The van der Waals surface area contributed by atoms with Gasteiger partial charge in [0, 0.05) is 7.11 Å². The summed E-state index contributed by atoms with van der Waals surface area (Å²) in [4.78, 5) is 4.46. The number of unbranched alkanes of at least 4 members (excludes halogenated alkanes) is 1. The van der Waals surface area contributed by atoms with Crippen molar-refractivity contribution in [3.05, 3.63) is 11.7 Å². The Kier molecular flexibility index (Phi) is 4.35. The second-order valence-electron chi connectivity index (χ2n) is 5.11. The molecule has 0 aromatic carbocycles. The van der Waals surface area contributed by atoms with Crippen molar-refractivity contribution < 1.29 is 9.26 Å². The van der Waals surface area contributed by atoms with Crippen LogP contribution in [-0.2, 0) is 10.3 Å². The summed E-state index contributed by atoms with van der Waals surface area (Å²) in [5.74, 6) is 1.21. The normalized spacial score (nSPS) is 20.2. The number of ether oxygens (including phenoxy) is 1. The van der Waals surface area contributed by atoms with E-state index >= 15 is 0 Å². The van der Waals surface area contributed by atoms with Crippen molar-refractivity contribution in [1.82, 2.24) is 10.1 Å². The molecule has 0 saturated heterocycles. The summed E-state index contributed by atoms with van der Waals surface area (Å²) in [6, 6.07) is -0.151. The maximum atomic E-state index is 6.04. The van der Waals surface area contributed by atoms with Gasteiger partial charge in [0.1, 0.15) is 5.60 Å². The van der Waals surface area contributed by atoms with E-state index in [2.05, 4.69) is 17.1 Å². The Morgan fingerprint density at radius 3 is 2.78 bits per heavy atom. The molecule has 2 N–H and O–H groups in total. The van der Waals surface area contributed by atoms with E-state index in [-0.39, 0.29) is 11.6 Å². The molecule has 0 bridgehead atoms. The Labute approximate surface area is 108 Å². The summed E-state index contributed by atoms with van der Waals surface area (Å²) in [6.07, 6.45) is 7.32. The Bertz CT molecular complexity index is 372. The third kappa shape index (κ3) is 2.57. The van der Waals surface area contributed by atoms with Crippen LogP contribution in [0.5, 0.6) is 0 Å². The molecule has 0 aliphatic heterocycles. The highest BCUT2D eigenvalue weighted by molar-refractivity contribution is 5.05. The molecule has 2 rings (SSSR count). The van der Waals surface area contributed by atoms with E-state index in [1.165, 1.54) is 0 Å². The number of rotatable bonds is 6. The van der Waals surface area contributed by atoms with E-state index in [0.717, 1.165) is 44.9 Å². The summed E-state index contributed by atoms with van der Waals surface area (Å²) < 4.78 is 10.9. The Morgan fingerprint density at radius 2 is 2.17 bits per heavy atom. The van der Waals surface area contributed by atoms with Crippen LogP contribution in [0.1, 0.15) is 69.6 Å². The topological polar surface area (TPSA) is 74.2 Å². The van der Waals surface area contributed by atoms with E-state index < -0.39 is 0 Å². The minimum atomic E-state index is -0.341. The molecule has 1 saturated carbocycles. The summed E-state index contributed by atoms with van der Waals surface area (Å²) in [5, 5.41) is 4.08. The van der Waals surface area contributed by atoms with Gasteiger partial charge in [-0.05, 0) is 32.1 Å². The van der Waals surface area contributed by atoms with Crippen LogP contribution in [0.3, 0.4) is 0 Å². The van der Waals surface area contributed by atoms with Crippen molar-refractivity contribution in [3.8, 4) is 0 Å². The monoisotopic (exact) mass is 253 g/mol. The molecule has 0 radical (unpaired) electrons. The largest absolute Gasteiger partial charge is 0.370 e. The number of nitrogens with two attached hydrogens (primary N) is 1. The Morgan fingerprint density at radius 1 is 1.44 bits per heavy atom. The van der Waals surface area contributed by atoms with Crippen LogP contribution >= 0.6 is 0 Å². The predicted molar refractivity (Wildman–Crippen MR) is 67.9 cm³/mol. The van der Waals surface area contributed by atoms with Gasteiger partial charge < -0.3 is 15.0 Å². The second kappa shape index (κ2) is 5.80. The molecule has 5 nitrogen and oxygen atoms in total. The highest BCUT2D eigenvalue weighted by Gasteiger charge is 2.40. The van der Waals surface area contributed by atoms with Crippen LogP contribution in [0, 0.1) is 0 Å². The maximum Gasteiger partial charge on any atom is 0.243 e. The first-order valence-corrected chi connectivity index (χ1v) is 6.86. The van der Waals surface area contributed by atoms with Crippen molar-refractivity contribution >= 4 is 0 Å². The van der Waals surface area contributed by atoms with Crippen LogP contribution in [-0.4, -0.2) is 17.3 Å². The van der Waals surface area contributed by atoms with E-state index in [9.17, 15) is 0 Å². The third-order valence-corrected chi connectivity index (χ3v) is 3.84. The lowest BCUT2D eigenvalue weighted by Gasteiger charge is -2.22. The molecule has 102 valence electrons. The minimum absolute atomic E-state index is 0.151. The van der Waals surface area contributed by atoms with Gasteiger partial charge in [0.2, 0.25) is 11.7 Å². The fourth-order valence-electron chi connectivity index (χ4n) is 2.58. The lowest BCUT2D eigenvalue weighted by Crippen LogP contribution is -2.26. The van der Waals surface area contributed by atoms with Gasteiger partial charge in [0.05, 0.1) is 6.04 Å². The minimum Gasteiger partial charge on any atom is -0.370 e. The molecule has 1 aliphatic rings. The molecule has 1 aromatic rings. The predicted octanol–water partition coefficient (Wildman–Crippen LogP) is 2.68. The van der Waals surface area contributed by atoms with Gasteiger partial charge in [-0.1, -0.05) is 24.9 Å². The standard InChI is InChI=1S/C13H23N3O2/c1-3-4-7-10(14)11-15-12(16-18-11)13(17-2)8-5-6-9-13/h10H,3-9,14H2,1-2H3. The zero-order valence-electron chi connectivity index (χ0n) is 11.3. The summed E-state index contributed by atoms with van der Waals surface area (Å²) in [6.45, 7) is 2.14. The van der Waals surface area contributed by atoms with E-state index in [0.29, 0.717) is 11.7 Å². The van der Waals surface area contributed by atoms with Gasteiger partial charge in [-0.25, -0.2) is 0 Å². The lowest BCUT2D eigenvalue weighted by atomic mass is 10.0. The number of aromatic nitrogens is 2. The second-order valence-corrected chi connectivity index (χ2v) is 5.11. The molecule has 0 spiro atoms. The van der Waals surface area contributed by atoms with Crippen LogP contribution in [0.4, 0.5) is 0 Å². The van der Waals surface area contributed by atoms with Crippen molar-refractivity contribution in [2.24, 2.45) is 5.73 Å². The zero-order chi connectivity index (χ0) is 13.0. The van der Waals surface area contributed by atoms with Crippen LogP contribution in [0.2, 0.25) is 0 Å². The molecular weight excluding hydrogens is 230 g/mol. The first-order chi connectivity index (χ1) is 8.72. The van der Waals surface area contributed by atoms with E-state index in [1.54, 1.807) is 7.11 Å². The van der Waals surface area contributed by atoms with Gasteiger partial charge in [0.15, 0.2) is 0 Å². The molecular formula is C13H23N3O2. The molecule has 1 unspecified atom stereocenters. The number of nitrogens with zero attached hydrogens (tertiary/aromatic N) is 2. The zero-order valence-corrected chi connectivity index (χ0v) is 11.3. The van der Waals surface area contributed by atoms with Crippen molar-refractivity contribution in [3.63, 3.8) is 0 Å². The summed E-state index contributed by atoms with van der Waals surface area (Å²) in [7, 11) is 1.72. The van der Waals surface area contributed by atoms with Crippen molar-refractivity contribution in [2.75, 3.05) is 7.11 Å². The highest BCUT2D eigenvalue weighted by atomic mass is 16.5.